The van der Waals surface area contributed by atoms with E-state index >= 15 is 0 Å². The Kier molecular flexibility index (Phi) is 2.88. The Labute approximate surface area is 90.7 Å². The summed E-state index contributed by atoms with van der Waals surface area (Å²) in [6, 6.07) is 2.18. The van der Waals surface area contributed by atoms with Gasteiger partial charge in [-0.2, -0.15) is 0 Å². The van der Waals surface area contributed by atoms with Crippen LogP contribution in [-0.4, -0.2) is 37.1 Å². The molecule has 0 radical (unpaired) electrons. The fraction of sp³-hybridized carbons (Fsp3) is 0.545. The van der Waals surface area contributed by atoms with Crippen molar-refractivity contribution in [2.24, 2.45) is 5.73 Å². The highest BCUT2D eigenvalue weighted by Gasteiger charge is 2.16. The maximum Gasteiger partial charge on any atom is 0.128 e. The number of fused-ring (bicyclic) bond motifs is 1. The smallest absolute Gasteiger partial charge is 0.128 e. The van der Waals surface area contributed by atoms with Crippen LogP contribution in [0.4, 0.5) is 5.82 Å². The van der Waals surface area contributed by atoms with Gasteiger partial charge in [0.25, 0.3) is 0 Å². The van der Waals surface area contributed by atoms with Crippen molar-refractivity contribution >= 4 is 5.82 Å². The number of rotatable bonds is 3. The van der Waals surface area contributed by atoms with E-state index in [4.69, 9.17) is 5.73 Å². The third kappa shape index (κ3) is 2.11. The molecule has 1 aliphatic rings. The number of hydrogen-bond donors (Lipinski definition) is 1. The largest absolute Gasteiger partial charge is 0.358 e. The average molecular weight is 206 g/mol. The Morgan fingerprint density at radius 3 is 2.93 bits per heavy atom. The summed E-state index contributed by atoms with van der Waals surface area (Å²) in [5, 5.41) is 0. The lowest BCUT2D eigenvalue weighted by Crippen LogP contribution is -2.25. The average Bonchev–Trinajstić information content (AvgIpc) is 2.57. The van der Waals surface area contributed by atoms with E-state index in [0.717, 1.165) is 25.5 Å². The summed E-state index contributed by atoms with van der Waals surface area (Å²) in [5.41, 5.74) is 8.27. The third-order valence-electron chi connectivity index (χ3n) is 2.80. The van der Waals surface area contributed by atoms with Crippen molar-refractivity contribution in [2.45, 2.75) is 13.1 Å². The Hall–Kier alpha value is -1.13. The zero-order chi connectivity index (χ0) is 10.8. The molecule has 4 nitrogen and oxygen atoms in total. The monoisotopic (exact) mass is 206 g/mol. The molecule has 1 aromatic heterocycles. The SMILES string of the molecule is CN1Cc2cnc(N(C)CCN)cc2C1. The van der Waals surface area contributed by atoms with E-state index < -0.39 is 0 Å². The first kappa shape index (κ1) is 10.4. The maximum atomic E-state index is 5.52. The van der Waals surface area contributed by atoms with E-state index in [0.29, 0.717) is 6.54 Å². The molecule has 1 aromatic rings. The van der Waals surface area contributed by atoms with Crippen LogP contribution in [0.5, 0.6) is 0 Å². The van der Waals surface area contributed by atoms with Crippen LogP contribution in [0.3, 0.4) is 0 Å². The summed E-state index contributed by atoms with van der Waals surface area (Å²) >= 11 is 0. The predicted molar refractivity (Wildman–Crippen MR) is 61.7 cm³/mol. The molecule has 0 saturated carbocycles. The molecule has 2 N–H and O–H groups in total. The minimum atomic E-state index is 0.662. The molecule has 0 aliphatic carbocycles. The van der Waals surface area contributed by atoms with Crippen LogP contribution in [0.2, 0.25) is 0 Å². The van der Waals surface area contributed by atoms with Gasteiger partial charge in [-0.15, -0.1) is 0 Å². The fourth-order valence-corrected chi connectivity index (χ4v) is 1.96. The number of likely N-dealkylation sites (N-methyl/N-ethyl adjacent to an activating group) is 1. The summed E-state index contributed by atoms with van der Waals surface area (Å²) in [5.74, 6) is 1.02. The van der Waals surface area contributed by atoms with Crippen LogP contribution in [0.25, 0.3) is 0 Å². The topological polar surface area (TPSA) is 45.4 Å². The normalized spacial score (nSPS) is 15.4. The molecule has 4 heteroatoms. The molecule has 0 bridgehead atoms. The van der Waals surface area contributed by atoms with E-state index in [9.17, 15) is 0 Å². The molecule has 0 fully saturated rings. The molecule has 0 saturated heterocycles. The summed E-state index contributed by atoms with van der Waals surface area (Å²) in [4.78, 5) is 8.83. The molecule has 1 aliphatic heterocycles. The van der Waals surface area contributed by atoms with Crippen molar-refractivity contribution in [3.8, 4) is 0 Å². The predicted octanol–water partition coefficient (Wildman–Crippen LogP) is 0.422. The third-order valence-corrected chi connectivity index (χ3v) is 2.80. The lowest BCUT2D eigenvalue weighted by atomic mass is 10.2. The van der Waals surface area contributed by atoms with Crippen LogP contribution >= 0.6 is 0 Å². The first-order chi connectivity index (χ1) is 7.20. The van der Waals surface area contributed by atoms with E-state index in [1.165, 1.54) is 11.1 Å². The van der Waals surface area contributed by atoms with Crippen molar-refractivity contribution in [1.29, 1.82) is 0 Å². The van der Waals surface area contributed by atoms with Gasteiger partial charge in [-0.3, -0.25) is 4.90 Å². The second-order valence-electron chi connectivity index (χ2n) is 4.19. The summed E-state index contributed by atoms with van der Waals surface area (Å²) in [7, 11) is 4.16. The Morgan fingerprint density at radius 2 is 2.20 bits per heavy atom. The van der Waals surface area contributed by atoms with Gasteiger partial charge in [0, 0.05) is 39.4 Å². The van der Waals surface area contributed by atoms with E-state index in [2.05, 4.69) is 27.9 Å². The number of pyridine rings is 1. The van der Waals surface area contributed by atoms with Gasteiger partial charge >= 0.3 is 0 Å². The van der Waals surface area contributed by atoms with Gasteiger partial charge in [0.15, 0.2) is 0 Å². The first-order valence-corrected chi connectivity index (χ1v) is 5.28. The number of anilines is 1. The highest BCUT2D eigenvalue weighted by atomic mass is 15.2. The minimum Gasteiger partial charge on any atom is -0.358 e. The van der Waals surface area contributed by atoms with Crippen LogP contribution in [-0.2, 0) is 13.1 Å². The van der Waals surface area contributed by atoms with Gasteiger partial charge in [0.2, 0.25) is 0 Å². The second-order valence-corrected chi connectivity index (χ2v) is 4.19. The van der Waals surface area contributed by atoms with E-state index in [1.54, 1.807) is 0 Å². The molecule has 2 heterocycles. The molecular formula is C11H18N4. The van der Waals surface area contributed by atoms with Crippen molar-refractivity contribution in [3.63, 3.8) is 0 Å². The number of aromatic nitrogens is 1. The van der Waals surface area contributed by atoms with Crippen molar-refractivity contribution in [3.05, 3.63) is 23.4 Å². The van der Waals surface area contributed by atoms with Crippen molar-refractivity contribution in [1.82, 2.24) is 9.88 Å². The maximum absolute atomic E-state index is 5.52. The molecular weight excluding hydrogens is 188 g/mol. The Balaban J connectivity index is 2.19. The summed E-state index contributed by atoms with van der Waals surface area (Å²) in [6.45, 7) is 3.56. The van der Waals surface area contributed by atoms with Gasteiger partial charge in [0.05, 0.1) is 0 Å². The van der Waals surface area contributed by atoms with Gasteiger partial charge in [0.1, 0.15) is 5.82 Å². The molecule has 0 amide bonds. The first-order valence-electron chi connectivity index (χ1n) is 5.28. The van der Waals surface area contributed by atoms with Crippen LogP contribution in [0.1, 0.15) is 11.1 Å². The summed E-state index contributed by atoms with van der Waals surface area (Å²) < 4.78 is 0. The highest BCUT2D eigenvalue weighted by Crippen LogP contribution is 2.23. The zero-order valence-corrected chi connectivity index (χ0v) is 9.40. The van der Waals surface area contributed by atoms with Crippen LogP contribution in [0.15, 0.2) is 12.3 Å². The van der Waals surface area contributed by atoms with Gasteiger partial charge in [-0.25, -0.2) is 4.98 Å². The molecule has 82 valence electrons. The molecule has 2 rings (SSSR count). The van der Waals surface area contributed by atoms with Gasteiger partial charge in [-0.05, 0) is 24.2 Å². The second kappa shape index (κ2) is 4.16. The van der Waals surface area contributed by atoms with Crippen molar-refractivity contribution < 1.29 is 0 Å². The molecule has 0 spiro atoms. The number of nitrogens with zero attached hydrogens (tertiary/aromatic N) is 3. The van der Waals surface area contributed by atoms with E-state index in [-0.39, 0.29) is 0 Å². The van der Waals surface area contributed by atoms with Gasteiger partial charge in [-0.1, -0.05) is 0 Å². The highest BCUT2D eigenvalue weighted by molar-refractivity contribution is 5.44. The zero-order valence-electron chi connectivity index (χ0n) is 9.40. The molecule has 0 atom stereocenters. The summed E-state index contributed by atoms with van der Waals surface area (Å²) in [6.07, 6.45) is 1.99. The van der Waals surface area contributed by atoms with Gasteiger partial charge < -0.3 is 10.6 Å². The molecule has 0 aromatic carbocycles. The van der Waals surface area contributed by atoms with Crippen LogP contribution in [0, 0.1) is 0 Å². The Bertz CT molecular complexity index is 350. The lowest BCUT2D eigenvalue weighted by molar-refractivity contribution is 0.353. The Morgan fingerprint density at radius 1 is 1.47 bits per heavy atom. The number of hydrogen-bond acceptors (Lipinski definition) is 4. The fourth-order valence-electron chi connectivity index (χ4n) is 1.96. The van der Waals surface area contributed by atoms with Crippen LogP contribution < -0.4 is 10.6 Å². The molecule has 0 unspecified atom stereocenters. The van der Waals surface area contributed by atoms with E-state index in [1.807, 2.05) is 13.2 Å². The lowest BCUT2D eigenvalue weighted by Gasteiger charge is -2.17. The number of nitrogens with two attached hydrogens (primary N) is 1. The minimum absolute atomic E-state index is 0.662. The van der Waals surface area contributed by atoms with Crippen molar-refractivity contribution in [2.75, 3.05) is 32.1 Å². The quantitative estimate of drug-likeness (QED) is 0.778. The molecule has 15 heavy (non-hydrogen) atoms. The standard InChI is InChI=1S/C11H18N4/c1-14-7-9-5-11(15(2)4-3-12)13-6-10(9)8-14/h5-6H,3-4,7-8,12H2,1-2H3.